The normalized spacial score (nSPS) is 10.6. The number of ether oxygens (including phenoxy) is 1. The van der Waals surface area contributed by atoms with Gasteiger partial charge >= 0.3 is 11.6 Å². The van der Waals surface area contributed by atoms with Crippen molar-refractivity contribution < 1.29 is 23.8 Å². The van der Waals surface area contributed by atoms with Crippen molar-refractivity contribution >= 4 is 22.7 Å². The maximum Gasteiger partial charge on any atom is 0.347 e. The second kappa shape index (κ2) is 4.80. The van der Waals surface area contributed by atoms with Crippen molar-refractivity contribution in [1.29, 1.82) is 0 Å². The Bertz CT molecular complexity index is 784. The van der Waals surface area contributed by atoms with Crippen LogP contribution in [-0.2, 0) is 4.74 Å². The summed E-state index contributed by atoms with van der Waals surface area (Å²) < 4.78 is 9.59. The van der Waals surface area contributed by atoms with Crippen molar-refractivity contribution in [2.45, 2.75) is 13.8 Å². The molecular weight excluding hydrogens is 264 g/mol. The summed E-state index contributed by atoms with van der Waals surface area (Å²) in [6.07, 6.45) is 0. The van der Waals surface area contributed by atoms with E-state index in [0.717, 1.165) is 0 Å². The van der Waals surface area contributed by atoms with E-state index in [9.17, 15) is 19.5 Å². The van der Waals surface area contributed by atoms with Crippen LogP contribution in [0.4, 0.5) is 0 Å². The van der Waals surface area contributed by atoms with Gasteiger partial charge in [0.15, 0.2) is 5.78 Å². The summed E-state index contributed by atoms with van der Waals surface area (Å²) in [5, 5.41) is 10.3. The Morgan fingerprint density at radius 1 is 1.30 bits per heavy atom. The molecule has 0 fully saturated rings. The highest BCUT2D eigenvalue weighted by molar-refractivity contribution is 6.03. The minimum atomic E-state index is -0.783. The monoisotopic (exact) mass is 276 g/mol. The van der Waals surface area contributed by atoms with E-state index in [1.807, 2.05) is 0 Å². The number of ketones is 1. The summed E-state index contributed by atoms with van der Waals surface area (Å²) in [5.41, 5.74) is -0.492. The van der Waals surface area contributed by atoms with E-state index in [2.05, 4.69) is 4.74 Å². The molecule has 0 aliphatic rings. The van der Waals surface area contributed by atoms with Crippen LogP contribution in [0.3, 0.4) is 0 Å². The number of esters is 1. The van der Waals surface area contributed by atoms with E-state index in [-0.39, 0.29) is 27.8 Å². The van der Waals surface area contributed by atoms with Gasteiger partial charge in [0.05, 0.1) is 12.5 Å². The molecule has 20 heavy (non-hydrogen) atoms. The molecule has 0 bridgehead atoms. The number of aryl methyl sites for hydroxylation is 1. The molecule has 1 heterocycles. The zero-order valence-electron chi connectivity index (χ0n) is 11.1. The van der Waals surface area contributed by atoms with Crippen molar-refractivity contribution in [3.05, 3.63) is 39.2 Å². The zero-order chi connectivity index (χ0) is 15.0. The molecule has 0 unspecified atom stereocenters. The number of methoxy groups -OCH3 is 1. The molecule has 6 nitrogen and oxygen atoms in total. The first-order valence-electron chi connectivity index (χ1n) is 5.76. The SMILES string of the molecule is COC(=O)c1c(C)cc2oc(=O)c(C(C)=O)cc2c1O. The third-order valence-electron chi connectivity index (χ3n) is 2.98. The number of hydrogen-bond acceptors (Lipinski definition) is 6. The third kappa shape index (κ3) is 2.05. The standard InChI is InChI=1S/C14H12O6/c1-6-4-10-9(12(16)11(6)14(18)19-3)5-8(7(2)15)13(17)20-10/h4-5,16H,1-3H3. The van der Waals surface area contributed by atoms with Crippen molar-refractivity contribution in [2.24, 2.45) is 0 Å². The summed E-state index contributed by atoms with van der Waals surface area (Å²) in [4.78, 5) is 34.6. The Kier molecular flexibility index (Phi) is 3.31. The summed E-state index contributed by atoms with van der Waals surface area (Å²) in [5.74, 6) is -1.57. The van der Waals surface area contributed by atoms with Gasteiger partial charge in [-0.3, -0.25) is 4.79 Å². The number of carbonyl (C=O) groups is 2. The van der Waals surface area contributed by atoms with Crippen LogP contribution in [-0.4, -0.2) is 24.0 Å². The van der Waals surface area contributed by atoms with Crippen LogP contribution in [0.25, 0.3) is 11.0 Å². The molecule has 0 amide bonds. The lowest BCUT2D eigenvalue weighted by Crippen LogP contribution is -2.12. The van der Waals surface area contributed by atoms with Gasteiger partial charge in [0.1, 0.15) is 22.5 Å². The molecule has 0 aliphatic carbocycles. The van der Waals surface area contributed by atoms with Crippen molar-refractivity contribution in [3.63, 3.8) is 0 Å². The fraction of sp³-hybridized carbons (Fsp3) is 0.214. The molecule has 1 aromatic carbocycles. The van der Waals surface area contributed by atoms with Crippen molar-refractivity contribution in [2.75, 3.05) is 7.11 Å². The van der Waals surface area contributed by atoms with E-state index in [1.165, 1.54) is 26.2 Å². The van der Waals surface area contributed by atoms with Crippen LogP contribution in [0, 0.1) is 6.92 Å². The summed E-state index contributed by atoms with van der Waals surface area (Å²) in [6, 6.07) is 2.65. The molecule has 0 radical (unpaired) electrons. The van der Waals surface area contributed by atoms with Crippen LogP contribution >= 0.6 is 0 Å². The molecule has 0 spiro atoms. The zero-order valence-corrected chi connectivity index (χ0v) is 11.1. The van der Waals surface area contributed by atoms with Gasteiger partial charge in [0, 0.05) is 0 Å². The average molecular weight is 276 g/mol. The van der Waals surface area contributed by atoms with Gasteiger partial charge in [-0.15, -0.1) is 0 Å². The Balaban J connectivity index is 2.90. The lowest BCUT2D eigenvalue weighted by molar-refractivity contribution is 0.0597. The van der Waals surface area contributed by atoms with Gasteiger partial charge in [0.25, 0.3) is 0 Å². The highest BCUT2D eigenvalue weighted by atomic mass is 16.5. The lowest BCUT2D eigenvalue weighted by atomic mass is 10.0. The first kappa shape index (κ1) is 13.8. The van der Waals surface area contributed by atoms with Crippen LogP contribution in [0.2, 0.25) is 0 Å². The molecule has 104 valence electrons. The predicted octanol–water partition coefficient (Wildman–Crippen LogP) is 1.80. The fourth-order valence-corrected chi connectivity index (χ4v) is 1.97. The number of aromatic hydroxyl groups is 1. The molecule has 0 aliphatic heterocycles. The average Bonchev–Trinajstić information content (AvgIpc) is 2.37. The van der Waals surface area contributed by atoms with E-state index < -0.39 is 17.4 Å². The molecule has 2 aromatic rings. The minimum absolute atomic E-state index is 0.0247. The second-order valence-electron chi connectivity index (χ2n) is 4.32. The van der Waals surface area contributed by atoms with E-state index >= 15 is 0 Å². The van der Waals surface area contributed by atoms with Crippen molar-refractivity contribution in [3.8, 4) is 5.75 Å². The van der Waals surface area contributed by atoms with Gasteiger partial charge in [-0.1, -0.05) is 0 Å². The Morgan fingerprint density at radius 3 is 2.50 bits per heavy atom. The van der Waals surface area contributed by atoms with E-state index in [0.29, 0.717) is 5.56 Å². The Labute approximate surface area is 113 Å². The topological polar surface area (TPSA) is 93.8 Å². The number of rotatable bonds is 2. The lowest BCUT2D eigenvalue weighted by Gasteiger charge is -2.09. The predicted molar refractivity (Wildman–Crippen MR) is 70.2 cm³/mol. The number of phenols is 1. The second-order valence-corrected chi connectivity index (χ2v) is 4.32. The van der Waals surface area contributed by atoms with Crippen LogP contribution in [0.5, 0.6) is 5.75 Å². The van der Waals surface area contributed by atoms with E-state index in [1.54, 1.807) is 6.92 Å². The smallest absolute Gasteiger partial charge is 0.347 e. The van der Waals surface area contributed by atoms with E-state index in [4.69, 9.17) is 4.42 Å². The molecule has 0 saturated heterocycles. The van der Waals surface area contributed by atoms with Gasteiger partial charge in [-0.25, -0.2) is 9.59 Å². The van der Waals surface area contributed by atoms with Gasteiger partial charge in [-0.2, -0.15) is 0 Å². The Hall–Kier alpha value is -2.63. The molecule has 2 rings (SSSR count). The minimum Gasteiger partial charge on any atom is -0.506 e. The van der Waals surface area contributed by atoms with Crippen LogP contribution < -0.4 is 5.63 Å². The molecule has 6 heteroatoms. The largest absolute Gasteiger partial charge is 0.506 e. The molecular formula is C14H12O6. The Morgan fingerprint density at radius 2 is 1.95 bits per heavy atom. The van der Waals surface area contributed by atoms with Crippen molar-refractivity contribution in [1.82, 2.24) is 0 Å². The highest BCUT2D eigenvalue weighted by Crippen LogP contribution is 2.32. The number of fused-ring (bicyclic) bond motifs is 1. The maximum atomic E-state index is 11.6. The highest BCUT2D eigenvalue weighted by Gasteiger charge is 2.21. The quantitative estimate of drug-likeness (QED) is 0.510. The number of Topliss-reactive ketones (excluding diaryl/α,β-unsaturated/α-hetero) is 1. The number of phenolic OH excluding ortho intramolecular Hbond substituents is 1. The van der Waals surface area contributed by atoms with Crippen LogP contribution in [0.1, 0.15) is 33.2 Å². The van der Waals surface area contributed by atoms with Gasteiger partial charge in [-0.05, 0) is 31.5 Å². The molecule has 1 N–H and O–H groups in total. The van der Waals surface area contributed by atoms with Crippen LogP contribution in [0.15, 0.2) is 21.3 Å². The van der Waals surface area contributed by atoms with Gasteiger partial charge < -0.3 is 14.3 Å². The fourth-order valence-electron chi connectivity index (χ4n) is 1.97. The summed E-state index contributed by atoms with van der Waals surface area (Å²) in [7, 11) is 1.19. The molecule has 0 saturated carbocycles. The first-order valence-corrected chi connectivity index (χ1v) is 5.76. The summed E-state index contributed by atoms with van der Waals surface area (Å²) >= 11 is 0. The van der Waals surface area contributed by atoms with Gasteiger partial charge in [0.2, 0.25) is 0 Å². The third-order valence-corrected chi connectivity index (χ3v) is 2.98. The molecule has 0 atom stereocenters. The molecule has 1 aromatic heterocycles. The first-order chi connectivity index (χ1) is 9.36. The summed E-state index contributed by atoms with van der Waals surface area (Å²) in [6.45, 7) is 2.79. The number of hydrogen-bond donors (Lipinski definition) is 1. The maximum absolute atomic E-state index is 11.6. The number of benzene rings is 1. The number of carbonyl (C=O) groups excluding carboxylic acids is 2.